The number of ether oxygens (including phenoxy) is 1. The second-order valence-electron chi connectivity index (χ2n) is 5.99. The van der Waals surface area contributed by atoms with Crippen LogP contribution in [0.1, 0.15) is 35.8 Å². The Morgan fingerprint density at radius 3 is 2.78 bits per heavy atom. The molecule has 2 aromatic heterocycles. The van der Waals surface area contributed by atoms with Crippen LogP contribution in [0.3, 0.4) is 0 Å². The molecule has 1 amide bonds. The number of nitrogens with zero attached hydrogens (tertiary/aromatic N) is 2. The normalized spacial score (nSPS) is 12.0. The van der Waals surface area contributed by atoms with Gasteiger partial charge in [-0.1, -0.05) is 18.2 Å². The molecule has 140 valence electrons. The number of carbonyl (C=O) groups is 2. The van der Waals surface area contributed by atoms with Crippen LogP contribution in [0, 0.1) is 6.92 Å². The number of rotatable bonds is 5. The van der Waals surface area contributed by atoms with Crippen molar-refractivity contribution in [1.82, 2.24) is 9.55 Å². The van der Waals surface area contributed by atoms with E-state index >= 15 is 0 Å². The first kappa shape index (κ1) is 18.8. The third-order valence-corrected chi connectivity index (χ3v) is 5.10. The van der Waals surface area contributed by atoms with E-state index in [2.05, 4.69) is 10.3 Å². The molecule has 1 atom stereocenters. The lowest BCUT2D eigenvalue weighted by Crippen LogP contribution is -2.32. The van der Waals surface area contributed by atoms with Crippen molar-refractivity contribution >= 4 is 39.1 Å². The number of fused-ring (bicyclic) bond motifs is 1. The van der Waals surface area contributed by atoms with Crippen LogP contribution in [0.5, 0.6) is 0 Å². The average Bonchev–Trinajstić information content (AvgIpc) is 3.09. The predicted molar refractivity (Wildman–Crippen MR) is 104 cm³/mol. The zero-order valence-electron chi connectivity index (χ0n) is 15.2. The van der Waals surface area contributed by atoms with Gasteiger partial charge >= 0.3 is 5.97 Å². The molecule has 0 saturated heterocycles. The van der Waals surface area contributed by atoms with Gasteiger partial charge in [-0.25, -0.2) is 9.78 Å². The molecule has 3 rings (SSSR count). The largest absolute Gasteiger partial charge is 0.462 e. The third kappa shape index (κ3) is 3.61. The topological polar surface area (TPSA) is 90.3 Å². The number of amides is 1. The van der Waals surface area contributed by atoms with Crippen molar-refractivity contribution in [1.29, 1.82) is 0 Å². The molecule has 0 bridgehead atoms. The molecule has 0 aliphatic rings. The first-order chi connectivity index (χ1) is 12.9. The van der Waals surface area contributed by atoms with E-state index in [0.29, 0.717) is 10.5 Å². The molecule has 1 aromatic carbocycles. The van der Waals surface area contributed by atoms with Crippen LogP contribution in [-0.2, 0) is 9.53 Å². The Morgan fingerprint density at radius 2 is 2.07 bits per heavy atom. The lowest BCUT2D eigenvalue weighted by Gasteiger charge is -2.16. The van der Waals surface area contributed by atoms with Crippen LogP contribution >= 0.6 is 11.3 Å². The maximum atomic E-state index is 12.9. The van der Waals surface area contributed by atoms with Crippen LogP contribution in [0.15, 0.2) is 40.8 Å². The highest BCUT2D eigenvalue weighted by Crippen LogP contribution is 2.22. The molecule has 27 heavy (non-hydrogen) atoms. The van der Waals surface area contributed by atoms with E-state index in [-0.39, 0.29) is 23.5 Å². The van der Waals surface area contributed by atoms with Gasteiger partial charge in [-0.3, -0.25) is 14.2 Å². The highest BCUT2D eigenvalue weighted by Gasteiger charge is 2.22. The van der Waals surface area contributed by atoms with Gasteiger partial charge in [-0.2, -0.15) is 0 Å². The Balaban J connectivity index is 1.96. The van der Waals surface area contributed by atoms with Gasteiger partial charge in [0.2, 0.25) is 5.91 Å². The Morgan fingerprint density at radius 1 is 1.33 bits per heavy atom. The Labute approximate surface area is 159 Å². The fourth-order valence-electron chi connectivity index (χ4n) is 2.66. The maximum absolute atomic E-state index is 12.9. The van der Waals surface area contributed by atoms with Crippen LogP contribution in [0.2, 0.25) is 0 Å². The number of para-hydroxylation sites is 1. The summed E-state index contributed by atoms with van der Waals surface area (Å²) in [5.74, 6) is -0.919. The second kappa shape index (κ2) is 7.71. The average molecular weight is 385 g/mol. The van der Waals surface area contributed by atoms with E-state index in [1.54, 1.807) is 25.3 Å². The molecule has 0 aliphatic heterocycles. The summed E-state index contributed by atoms with van der Waals surface area (Å²) in [5, 5.41) is 4.55. The van der Waals surface area contributed by atoms with Crippen LogP contribution in [0.25, 0.3) is 10.2 Å². The van der Waals surface area contributed by atoms with E-state index in [1.165, 1.54) is 22.2 Å². The van der Waals surface area contributed by atoms with E-state index in [1.807, 2.05) is 25.1 Å². The first-order valence-electron chi connectivity index (χ1n) is 8.46. The number of anilines is 1. The predicted octanol–water partition coefficient (Wildman–Crippen LogP) is 3.14. The molecular formula is C19H19N3O4S. The number of thiophene rings is 1. The van der Waals surface area contributed by atoms with Crippen LogP contribution in [0.4, 0.5) is 5.69 Å². The fraction of sp³-hybridized carbons (Fsp3) is 0.263. The summed E-state index contributed by atoms with van der Waals surface area (Å²) in [5.41, 5.74) is 1.33. The molecule has 1 unspecified atom stereocenters. The van der Waals surface area contributed by atoms with Gasteiger partial charge in [0, 0.05) is 11.1 Å². The molecule has 0 spiro atoms. The van der Waals surface area contributed by atoms with Crippen molar-refractivity contribution in [2.75, 3.05) is 11.9 Å². The number of carbonyl (C=O) groups excluding carboxylic acids is 2. The fourth-order valence-corrected chi connectivity index (χ4v) is 3.52. The standard InChI is InChI=1S/C19H19N3O4S/c1-4-26-19(25)13-9-27-17-15(13)18(24)22(10-20-17)12(3)16(23)21-14-8-6-5-7-11(14)2/h5-10,12H,4H2,1-3H3,(H,21,23). The van der Waals surface area contributed by atoms with Gasteiger partial charge in [0.1, 0.15) is 10.9 Å². The number of hydrogen-bond donors (Lipinski definition) is 1. The number of hydrogen-bond acceptors (Lipinski definition) is 6. The van der Waals surface area contributed by atoms with Crippen molar-refractivity contribution in [3.63, 3.8) is 0 Å². The smallest absolute Gasteiger partial charge is 0.339 e. The quantitative estimate of drug-likeness (QED) is 0.682. The number of aromatic nitrogens is 2. The molecule has 1 N–H and O–H groups in total. The lowest BCUT2D eigenvalue weighted by molar-refractivity contribution is -0.118. The summed E-state index contributed by atoms with van der Waals surface area (Å²) in [6.45, 7) is 5.40. The van der Waals surface area contributed by atoms with Gasteiger partial charge < -0.3 is 10.1 Å². The van der Waals surface area contributed by atoms with Crippen molar-refractivity contribution in [2.24, 2.45) is 0 Å². The summed E-state index contributed by atoms with van der Waals surface area (Å²) < 4.78 is 6.23. The number of benzene rings is 1. The van der Waals surface area contributed by atoms with E-state index in [0.717, 1.165) is 5.56 Å². The molecular weight excluding hydrogens is 366 g/mol. The molecule has 0 aliphatic carbocycles. The van der Waals surface area contributed by atoms with Crippen molar-refractivity contribution < 1.29 is 14.3 Å². The van der Waals surface area contributed by atoms with E-state index in [4.69, 9.17) is 4.74 Å². The molecule has 0 fully saturated rings. The minimum atomic E-state index is -0.802. The first-order valence-corrected chi connectivity index (χ1v) is 9.34. The monoisotopic (exact) mass is 385 g/mol. The minimum Gasteiger partial charge on any atom is -0.462 e. The Hall–Kier alpha value is -3.00. The minimum absolute atomic E-state index is 0.176. The summed E-state index contributed by atoms with van der Waals surface area (Å²) in [6, 6.07) is 6.58. The number of aryl methyl sites for hydroxylation is 1. The Bertz CT molecular complexity index is 1070. The summed E-state index contributed by atoms with van der Waals surface area (Å²) >= 11 is 1.19. The number of nitrogens with one attached hydrogen (secondary N) is 1. The molecule has 8 heteroatoms. The van der Waals surface area contributed by atoms with Gasteiger partial charge in [0.25, 0.3) is 5.56 Å². The lowest BCUT2D eigenvalue weighted by atomic mass is 10.2. The van der Waals surface area contributed by atoms with E-state index < -0.39 is 17.6 Å². The SMILES string of the molecule is CCOC(=O)c1csc2ncn(C(C)C(=O)Nc3ccccc3C)c(=O)c12. The highest BCUT2D eigenvalue weighted by molar-refractivity contribution is 7.17. The van der Waals surface area contributed by atoms with Crippen molar-refractivity contribution in [3.05, 3.63) is 57.5 Å². The zero-order chi connectivity index (χ0) is 19.6. The molecule has 2 heterocycles. The highest BCUT2D eigenvalue weighted by atomic mass is 32.1. The van der Waals surface area contributed by atoms with Gasteiger partial charge in [-0.15, -0.1) is 11.3 Å². The van der Waals surface area contributed by atoms with Gasteiger partial charge in [0.15, 0.2) is 0 Å². The molecule has 3 aromatic rings. The maximum Gasteiger partial charge on any atom is 0.339 e. The molecule has 0 saturated carbocycles. The van der Waals surface area contributed by atoms with E-state index in [9.17, 15) is 14.4 Å². The molecule has 0 radical (unpaired) electrons. The summed E-state index contributed by atoms with van der Waals surface area (Å²) in [7, 11) is 0. The van der Waals surface area contributed by atoms with Gasteiger partial charge in [-0.05, 0) is 32.4 Å². The Kier molecular flexibility index (Phi) is 5.36. The second-order valence-corrected chi connectivity index (χ2v) is 6.85. The summed E-state index contributed by atoms with van der Waals surface area (Å²) in [6.07, 6.45) is 1.33. The number of esters is 1. The summed E-state index contributed by atoms with van der Waals surface area (Å²) in [4.78, 5) is 42.3. The van der Waals surface area contributed by atoms with Crippen LogP contribution < -0.4 is 10.9 Å². The molecule has 7 nitrogen and oxygen atoms in total. The van der Waals surface area contributed by atoms with Gasteiger partial charge in [0.05, 0.1) is 23.9 Å². The van der Waals surface area contributed by atoms with Crippen molar-refractivity contribution in [3.8, 4) is 0 Å². The van der Waals surface area contributed by atoms with Crippen LogP contribution in [-0.4, -0.2) is 28.0 Å². The zero-order valence-corrected chi connectivity index (χ0v) is 16.0. The third-order valence-electron chi connectivity index (χ3n) is 4.21. The van der Waals surface area contributed by atoms with Crippen molar-refractivity contribution in [2.45, 2.75) is 26.8 Å².